The van der Waals surface area contributed by atoms with E-state index in [1.165, 1.54) is 6.07 Å². The third-order valence-electron chi connectivity index (χ3n) is 3.89. The molecule has 0 unspecified atom stereocenters. The third-order valence-corrected chi connectivity index (χ3v) is 3.89. The lowest BCUT2D eigenvalue weighted by molar-refractivity contribution is -0.136. The second-order valence-corrected chi connectivity index (χ2v) is 5.75. The molecule has 1 N–H and O–H groups in total. The van der Waals surface area contributed by atoms with Crippen molar-refractivity contribution in [1.82, 2.24) is 10.2 Å². The Kier molecular flexibility index (Phi) is 3.99. The van der Waals surface area contributed by atoms with Crippen molar-refractivity contribution >= 4 is 11.6 Å². The molecule has 20 heavy (non-hydrogen) atoms. The molecule has 1 aliphatic rings. The zero-order valence-corrected chi connectivity index (χ0v) is 12.5. The minimum absolute atomic E-state index is 0.0162. The number of hydrogen-bond donors (Lipinski definition) is 1. The lowest BCUT2D eigenvalue weighted by atomic mass is 9.96. The summed E-state index contributed by atoms with van der Waals surface area (Å²) in [6.07, 6.45) is 0. The maximum absolute atomic E-state index is 14.3. The summed E-state index contributed by atoms with van der Waals surface area (Å²) in [5, 5.41) is 3.00. The lowest BCUT2D eigenvalue weighted by Gasteiger charge is -2.46. The second-order valence-electron chi connectivity index (χ2n) is 5.75. The third kappa shape index (κ3) is 2.50. The fourth-order valence-corrected chi connectivity index (χ4v) is 2.72. The monoisotopic (exact) mass is 279 g/mol. The molecule has 1 fully saturated rings. The van der Waals surface area contributed by atoms with E-state index in [2.05, 4.69) is 5.32 Å². The molecule has 1 aromatic carbocycles. The van der Waals surface area contributed by atoms with Crippen LogP contribution in [-0.4, -0.2) is 43.5 Å². The van der Waals surface area contributed by atoms with Gasteiger partial charge in [-0.2, -0.15) is 0 Å². The fourth-order valence-electron chi connectivity index (χ4n) is 2.72. The predicted octanol–water partition coefficient (Wildman–Crippen LogP) is 1.60. The number of rotatable bonds is 3. The van der Waals surface area contributed by atoms with Gasteiger partial charge >= 0.3 is 0 Å². The van der Waals surface area contributed by atoms with Crippen LogP contribution in [-0.2, 0) is 11.3 Å². The maximum atomic E-state index is 14.3. The molecule has 0 aliphatic carbocycles. The summed E-state index contributed by atoms with van der Waals surface area (Å²) in [6.45, 7) is 5.55. The largest absolute Gasteiger partial charge is 0.353 e. The quantitative estimate of drug-likeness (QED) is 0.913. The van der Waals surface area contributed by atoms with E-state index in [-0.39, 0.29) is 11.7 Å². The van der Waals surface area contributed by atoms with Gasteiger partial charge in [-0.1, -0.05) is 6.07 Å². The van der Waals surface area contributed by atoms with Crippen molar-refractivity contribution in [2.24, 2.45) is 0 Å². The summed E-state index contributed by atoms with van der Waals surface area (Å²) in [4.78, 5) is 15.8. The van der Waals surface area contributed by atoms with Gasteiger partial charge in [0.15, 0.2) is 0 Å². The van der Waals surface area contributed by atoms with Gasteiger partial charge < -0.3 is 15.1 Å². The molecule has 0 radical (unpaired) electrons. The number of carbonyl (C=O) groups is 1. The van der Waals surface area contributed by atoms with Crippen molar-refractivity contribution in [3.63, 3.8) is 0 Å². The minimum Gasteiger partial charge on any atom is -0.353 e. The smallest absolute Gasteiger partial charge is 0.247 e. The number of nitrogens with zero attached hydrogens (tertiary/aromatic N) is 2. The number of amides is 1. The Labute approximate surface area is 119 Å². The second kappa shape index (κ2) is 5.40. The Bertz CT molecular complexity index is 516. The Balaban J connectivity index is 2.33. The van der Waals surface area contributed by atoms with Crippen LogP contribution in [0.15, 0.2) is 18.2 Å². The van der Waals surface area contributed by atoms with E-state index in [0.717, 1.165) is 5.56 Å². The topological polar surface area (TPSA) is 35.6 Å². The van der Waals surface area contributed by atoms with Gasteiger partial charge in [0.2, 0.25) is 5.91 Å². The maximum Gasteiger partial charge on any atom is 0.247 e. The first-order chi connectivity index (χ1) is 9.37. The summed E-state index contributed by atoms with van der Waals surface area (Å²) >= 11 is 0. The number of carbonyl (C=O) groups excluding carboxylic acids is 1. The van der Waals surface area contributed by atoms with Crippen molar-refractivity contribution in [2.75, 3.05) is 32.1 Å². The van der Waals surface area contributed by atoms with Crippen LogP contribution in [0.5, 0.6) is 0 Å². The Morgan fingerprint density at radius 1 is 1.35 bits per heavy atom. The van der Waals surface area contributed by atoms with E-state index in [4.69, 9.17) is 0 Å². The van der Waals surface area contributed by atoms with Gasteiger partial charge in [-0.15, -0.1) is 0 Å². The number of hydrogen-bond acceptors (Lipinski definition) is 3. The highest BCUT2D eigenvalue weighted by atomic mass is 19.1. The zero-order valence-electron chi connectivity index (χ0n) is 12.5. The van der Waals surface area contributed by atoms with Gasteiger partial charge in [0.05, 0.1) is 5.69 Å². The average Bonchev–Trinajstić information content (AvgIpc) is 2.38. The average molecular weight is 279 g/mol. The molecule has 2 rings (SSSR count). The molecule has 1 aromatic rings. The summed E-state index contributed by atoms with van der Waals surface area (Å²) in [5.41, 5.74) is 0.668. The normalized spacial score (nSPS) is 18.6. The number of piperazine rings is 1. The van der Waals surface area contributed by atoms with Crippen LogP contribution in [0.3, 0.4) is 0 Å². The highest BCUT2D eigenvalue weighted by Gasteiger charge is 2.41. The van der Waals surface area contributed by atoms with E-state index in [0.29, 0.717) is 25.3 Å². The molecule has 4 nitrogen and oxygen atoms in total. The van der Waals surface area contributed by atoms with E-state index < -0.39 is 5.54 Å². The number of benzene rings is 1. The van der Waals surface area contributed by atoms with Crippen LogP contribution in [0.4, 0.5) is 10.1 Å². The first kappa shape index (κ1) is 14.8. The molecule has 0 spiro atoms. The van der Waals surface area contributed by atoms with Crippen molar-refractivity contribution in [1.29, 1.82) is 0 Å². The van der Waals surface area contributed by atoms with Gasteiger partial charge in [-0.25, -0.2) is 4.39 Å². The molecule has 1 heterocycles. The molecule has 110 valence electrons. The first-order valence-electron chi connectivity index (χ1n) is 6.84. The van der Waals surface area contributed by atoms with Crippen molar-refractivity contribution in [2.45, 2.75) is 25.9 Å². The summed E-state index contributed by atoms with van der Waals surface area (Å²) in [6, 6.07) is 5.20. The number of nitrogens with one attached hydrogen (secondary N) is 1. The van der Waals surface area contributed by atoms with E-state index in [9.17, 15) is 9.18 Å². The first-order valence-corrected chi connectivity index (χ1v) is 6.84. The summed E-state index contributed by atoms with van der Waals surface area (Å²) in [7, 11) is 3.61. The van der Waals surface area contributed by atoms with Crippen LogP contribution < -0.4 is 10.2 Å². The van der Waals surface area contributed by atoms with E-state index >= 15 is 0 Å². The standard InChI is InChI=1S/C15H22FN3O/c1-15(2)14(20)18(4)7-8-19(15)13-6-5-11(10-17-3)9-12(13)16/h5-6,9,17H,7-8,10H2,1-4H3. The Morgan fingerprint density at radius 2 is 2.05 bits per heavy atom. The molecular weight excluding hydrogens is 257 g/mol. The van der Waals surface area contributed by atoms with Crippen LogP contribution >= 0.6 is 0 Å². The zero-order chi connectivity index (χ0) is 14.9. The van der Waals surface area contributed by atoms with Crippen molar-refractivity contribution in [3.05, 3.63) is 29.6 Å². The number of anilines is 1. The molecule has 5 heteroatoms. The van der Waals surface area contributed by atoms with Crippen LogP contribution in [0.25, 0.3) is 0 Å². The van der Waals surface area contributed by atoms with Gasteiger partial charge in [0.25, 0.3) is 0 Å². The van der Waals surface area contributed by atoms with Crippen LogP contribution in [0.1, 0.15) is 19.4 Å². The van der Waals surface area contributed by atoms with Crippen LogP contribution in [0, 0.1) is 5.82 Å². The summed E-state index contributed by atoms with van der Waals surface area (Å²) in [5.74, 6) is -0.259. The van der Waals surface area contributed by atoms with Gasteiger partial charge in [0.1, 0.15) is 11.4 Å². The van der Waals surface area contributed by atoms with Crippen molar-refractivity contribution in [3.8, 4) is 0 Å². The fraction of sp³-hybridized carbons (Fsp3) is 0.533. The highest BCUT2D eigenvalue weighted by molar-refractivity contribution is 5.90. The Hall–Kier alpha value is -1.62. The van der Waals surface area contributed by atoms with Gasteiger partial charge in [-0.05, 0) is 38.6 Å². The molecule has 0 atom stereocenters. The molecule has 1 saturated heterocycles. The Morgan fingerprint density at radius 3 is 2.65 bits per heavy atom. The molecule has 1 amide bonds. The SMILES string of the molecule is CNCc1ccc(N2CCN(C)C(=O)C2(C)C)c(F)c1. The van der Waals surface area contributed by atoms with Gasteiger partial charge in [0, 0.05) is 26.7 Å². The number of likely N-dealkylation sites (N-methyl/N-ethyl adjacent to an activating group) is 1. The molecule has 0 aromatic heterocycles. The predicted molar refractivity (Wildman–Crippen MR) is 78.2 cm³/mol. The molecular formula is C15H22FN3O. The number of halogens is 1. The van der Waals surface area contributed by atoms with Crippen LogP contribution in [0.2, 0.25) is 0 Å². The summed E-state index contributed by atoms with van der Waals surface area (Å²) < 4.78 is 14.3. The highest BCUT2D eigenvalue weighted by Crippen LogP contribution is 2.30. The van der Waals surface area contributed by atoms with E-state index in [1.807, 2.05) is 31.9 Å². The molecule has 0 saturated carbocycles. The van der Waals surface area contributed by atoms with Crippen molar-refractivity contribution < 1.29 is 9.18 Å². The van der Waals surface area contributed by atoms with Gasteiger partial charge in [-0.3, -0.25) is 4.79 Å². The molecule has 1 aliphatic heterocycles. The van der Waals surface area contributed by atoms with E-state index in [1.54, 1.807) is 18.0 Å². The minimum atomic E-state index is -0.724. The lowest BCUT2D eigenvalue weighted by Crippen LogP contribution is -2.62. The molecule has 0 bridgehead atoms.